The SMILES string of the molecule is CC(NC(=O)CCCNC(=O)CCN1C(=O)C=CC1=O)C(=O)NC(C)C(=O)Nc1ccc(C(C)OC(=O)C(C)(C)C)cc1. The van der Waals surface area contributed by atoms with E-state index in [1.807, 2.05) is 0 Å². The summed E-state index contributed by atoms with van der Waals surface area (Å²) in [5.74, 6) is -3.01. The van der Waals surface area contributed by atoms with Crippen molar-refractivity contribution in [2.45, 2.75) is 79.0 Å². The van der Waals surface area contributed by atoms with Gasteiger partial charge in [-0.25, -0.2) is 0 Å². The molecule has 0 spiro atoms. The number of nitrogens with zero attached hydrogens (tertiary/aromatic N) is 1. The lowest BCUT2D eigenvalue weighted by atomic mass is 9.97. The molecule has 234 valence electrons. The Balaban J connectivity index is 1.67. The third kappa shape index (κ3) is 11.3. The van der Waals surface area contributed by atoms with Gasteiger partial charge in [-0.1, -0.05) is 12.1 Å². The van der Waals surface area contributed by atoms with E-state index in [0.717, 1.165) is 22.6 Å². The van der Waals surface area contributed by atoms with E-state index in [9.17, 15) is 33.6 Å². The molecule has 1 aromatic carbocycles. The second-order valence-corrected chi connectivity index (χ2v) is 11.3. The number of rotatable bonds is 14. The van der Waals surface area contributed by atoms with Gasteiger partial charge in [0.15, 0.2) is 0 Å². The number of esters is 1. The molecule has 4 N–H and O–H groups in total. The van der Waals surface area contributed by atoms with Crippen LogP contribution in [-0.2, 0) is 38.3 Å². The maximum absolute atomic E-state index is 12.6. The van der Waals surface area contributed by atoms with Crippen LogP contribution in [-0.4, -0.2) is 71.5 Å². The highest BCUT2D eigenvalue weighted by Crippen LogP contribution is 2.24. The Labute approximate surface area is 251 Å². The molecule has 1 aliphatic rings. The highest BCUT2D eigenvalue weighted by Gasteiger charge is 2.26. The van der Waals surface area contributed by atoms with Gasteiger partial charge in [0.1, 0.15) is 18.2 Å². The normalized spacial score (nSPS) is 14.9. The van der Waals surface area contributed by atoms with E-state index in [0.29, 0.717) is 12.1 Å². The van der Waals surface area contributed by atoms with Crippen LogP contribution in [0, 0.1) is 5.41 Å². The summed E-state index contributed by atoms with van der Waals surface area (Å²) in [7, 11) is 0. The van der Waals surface area contributed by atoms with Gasteiger partial charge in [0.2, 0.25) is 23.6 Å². The standard InChI is InChI=1S/C30H41N5O8/c1-18(32-24(37)8-7-16-31-23(36)15-17-35-25(38)13-14-26(35)39)27(40)33-19(2)28(41)34-22-11-9-21(10-12-22)20(3)43-29(42)30(4,5)6/h9-14,18-20H,7-8,15-17H2,1-6H3,(H,31,36)(H,32,37)(H,33,40)(H,34,41). The smallest absolute Gasteiger partial charge is 0.311 e. The second-order valence-electron chi connectivity index (χ2n) is 11.3. The first-order valence-corrected chi connectivity index (χ1v) is 14.1. The van der Waals surface area contributed by atoms with E-state index in [4.69, 9.17) is 4.74 Å². The van der Waals surface area contributed by atoms with E-state index in [1.54, 1.807) is 52.0 Å². The fourth-order valence-corrected chi connectivity index (χ4v) is 3.71. The quantitative estimate of drug-likeness (QED) is 0.141. The number of benzene rings is 1. The number of carbonyl (C=O) groups excluding carboxylic acids is 7. The summed E-state index contributed by atoms with van der Waals surface area (Å²) in [5, 5.41) is 10.4. The molecule has 0 saturated carbocycles. The molecule has 1 aliphatic heterocycles. The first-order valence-electron chi connectivity index (χ1n) is 14.1. The summed E-state index contributed by atoms with van der Waals surface area (Å²) in [6.45, 7) is 10.3. The Morgan fingerprint density at radius 2 is 1.40 bits per heavy atom. The minimum Gasteiger partial charge on any atom is -0.457 e. The largest absolute Gasteiger partial charge is 0.457 e. The van der Waals surface area contributed by atoms with Crippen LogP contribution in [0.25, 0.3) is 0 Å². The van der Waals surface area contributed by atoms with Crippen LogP contribution in [0.1, 0.15) is 72.5 Å². The third-order valence-corrected chi connectivity index (χ3v) is 6.43. The molecule has 6 amide bonds. The average Bonchev–Trinajstić information content (AvgIpc) is 3.25. The molecule has 0 radical (unpaired) electrons. The zero-order chi connectivity index (χ0) is 32.3. The molecule has 0 aliphatic carbocycles. The molecule has 0 saturated heterocycles. The maximum atomic E-state index is 12.6. The van der Waals surface area contributed by atoms with Gasteiger partial charge in [0, 0.05) is 43.8 Å². The Morgan fingerprint density at radius 1 is 0.814 bits per heavy atom. The maximum Gasteiger partial charge on any atom is 0.311 e. The van der Waals surface area contributed by atoms with Crippen molar-refractivity contribution in [2.75, 3.05) is 18.4 Å². The number of ether oxygens (including phenoxy) is 1. The number of nitrogens with one attached hydrogen (secondary N) is 4. The van der Waals surface area contributed by atoms with Gasteiger partial charge in [-0.05, 0) is 65.7 Å². The van der Waals surface area contributed by atoms with E-state index < -0.39 is 53.1 Å². The molecule has 1 heterocycles. The highest BCUT2D eigenvalue weighted by atomic mass is 16.5. The fourth-order valence-electron chi connectivity index (χ4n) is 3.71. The molecule has 3 atom stereocenters. The highest BCUT2D eigenvalue weighted by molar-refractivity contribution is 6.13. The number of hydrogen-bond donors (Lipinski definition) is 4. The summed E-state index contributed by atoms with van der Waals surface area (Å²) in [6, 6.07) is 5.01. The number of carbonyl (C=O) groups is 7. The predicted octanol–water partition coefficient (Wildman–Crippen LogP) is 1.50. The van der Waals surface area contributed by atoms with Crippen LogP contribution < -0.4 is 21.3 Å². The predicted molar refractivity (Wildman–Crippen MR) is 157 cm³/mol. The zero-order valence-corrected chi connectivity index (χ0v) is 25.4. The van der Waals surface area contributed by atoms with Crippen LogP contribution in [0.15, 0.2) is 36.4 Å². The van der Waals surface area contributed by atoms with Gasteiger partial charge in [-0.15, -0.1) is 0 Å². The number of imide groups is 1. The van der Waals surface area contributed by atoms with Gasteiger partial charge in [-0.2, -0.15) is 0 Å². The Morgan fingerprint density at radius 3 is 1.98 bits per heavy atom. The molecule has 43 heavy (non-hydrogen) atoms. The molecule has 0 aromatic heterocycles. The summed E-state index contributed by atoms with van der Waals surface area (Å²) in [6.07, 6.45) is 2.14. The van der Waals surface area contributed by atoms with Crippen molar-refractivity contribution in [1.29, 1.82) is 0 Å². The average molecular weight is 600 g/mol. The minimum atomic E-state index is -0.905. The Hall–Kier alpha value is -4.55. The van der Waals surface area contributed by atoms with Crippen LogP contribution in [0.4, 0.5) is 5.69 Å². The molecule has 3 unspecified atom stereocenters. The van der Waals surface area contributed by atoms with Gasteiger partial charge >= 0.3 is 5.97 Å². The van der Waals surface area contributed by atoms with Crippen molar-refractivity contribution >= 4 is 47.1 Å². The molecule has 0 bridgehead atoms. The van der Waals surface area contributed by atoms with E-state index in [1.165, 1.54) is 13.8 Å². The van der Waals surface area contributed by atoms with Gasteiger partial charge < -0.3 is 26.0 Å². The lowest BCUT2D eigenvalue weighted by Gasteiger charge is -2.21. The van der Waals surface area contributed by atoms with Gasteiger partial charge in [-0.3, -0.25) is 38.5 Å². The second kappa shape index (κ2) is 15.6. The monoisotopic (exact) mass is 599 g/mol. The van der Waals surface area contributed by atoms with E-state index in [-0.39, 0.29) is 37.8 Å². The van der Waals surface area contributed by atoms with Crippen molar-refractivity contribution in [2.24, 2.45) is 5.41 Å². The minimum absolute atomic E-state index is 0.0257. The van der Waals surface area contributed by atoms with Crippen LogP contribution in [0.2, 0.25) is 0 Å². The number of amides is 6. The van der Waals surface area contributed by atoms with Crippen molar-refractivity contribution in [3.63, 3.8) is 0 Å². The lowest BCUT2D eigenvalue weighted by Crippen LogP contribution is -2.50. The first kappa shape index (κ1) is 34.7. The Bertz CT molecular complexity index is 1230. The van der Waals surface area contributed by atoms with Crippen molar-refractivity contribution in [1.82, 2.24) is 20.9 Å². The van der Waals surface area contributed by atoms with Crippen molar-refractivity contribution in [3.05, 3.63) is 42.0 Å². The van der Waals surface area contributed by atoms with Crippen molar-refractivity contribution < 1.29 is 38.3 Å². The topological polar surface area (TPSA) is 180 Å². The third-order valence-electron chi connectivity index (χ3n) is 6.43. The summed E-state index contributed by atoms with van der Waals surface area (Å²) >= 11 is 0. The molecule has 13 nitrogen and oxygen atoms in total. The van der Waals surface area contributed by atoms with E-state index in [2.05, 4.69) is 21.3 Å². The fraction of sp³-hybridized carbons (Fsp3) is 0.500. The number of anilines is 1. The van der Waals surface area contributed by atoms with Crippen LogP contribution in [0.3, 0.4) is 0 Å². The zero-order valence-electron chi connectivity index (χ0n) is 25.4. The molecular weight excluding hydrogens is 558 g/mol. The van der Waals surface area contributed by atoms with Crippen LogP contribution in [0.5, 0.6) is 0 Å². The molecule has 2 rings (SSSR count). The number of hydrogen-bond acceptors (Lipinski definition) is 8. The Kier molecular flexibility index (Phi) is 12.6. The summed E-state index contributed by atoms with van der Waals surface area (Å²) in [4.78, 5) is 85.3. The van der Waals surface area contributed by atoms with E-state index >= 15 is 0 Å². The molecule has 13 heteroatoms. The van der Waals surface area contributed by atoms with Crippen LogP contribution >= 0.6 is 0 Å². The van der Waals surface area contributed by atoms with Crippen molar-refractivity contribution in [3.8, 4) is 0 Å². The van der Waals surface area contributed by atoms with Gasteiger partial charge in [0.05, 0.1) is 5.41 Å². The lowest BCUT2D eigenvalue weighted by molar-refractivity contribution is -0.158. The summed E-state index contributed by atoms with van der Waals surface area (Å²) < 4.78 is 5.48. The molecule has 1 aromatic rings. The molecule has 0 fully saturated rings. The first-order chi connectivity index (χ1) is 20.1. The van der Waals surface area contributed by atoms with Gasteiger partial charge in [0.25, 0.3) is 11.8 Å². The summed E-state index contributed by atoms with van der Waals surface area (Å²) in [5.41, 5.74) is 0.630. The molecular formula is C30H41N5O8.